The summed E-state index contributed by atoms with van der Waals surface area (Å²) in [4.78, 5) is 35.2. The SMILES string of the molecule is CC(C)(C)CCC(=O)c1ccc(C(=O)CCC(C)(C)C=O)cc1. The van der Waals surface area contributed by atoms with Gasteiger partial charge in [-0.05, 0) is 18.3 Å². The Labute approximate surface area is 139 Å². The monoisotopic (exact) mass is 316 g/mol. The number of hydrogen-bond donors (Lipinski definition) is 0. The number of rotatable bonds is 8. The van der Waals surface area contributed by atoms with Crippen LogP contribution in [-0.2, 0) is 4.79 Å². The zero-order valence-electron chi connectivity index (χ0n) is 14.9. The summed E-state index contributed by atoms with van der Waals surface area (Å²) in [5, 5.41) is 0. The lowest BCUT2D eigenvalue weighted by Gasteiger charge is -2.17. The molecule has 0 aliphatic carbocycles. The van der Waals surface area contributed by atoms with Crippen LogP contribution in [0.4, 0.5) is 0 Å². The zero-order chi connectivity index (χ0) is 17.7. The van der Waals surface area contributed by atoms with Crippen LogP contribution in [0.25, 0.3) is 0 Å². The standard InChI is InChI=1S/C20H28O3/c1-19(2,3)12-10-17(22)15-6-8-16(9-7-15)18(23)11-13-20(4,5)14-21/h6-9,14H,10-13H2,1-5H3. The minimum absolute atomic E-state index is 0.00798. The summed E-state index contributed by atoms with van der Waals surface area (Å²) in [5.74, 6) is 0.120. The third-order valence-corrected chi connectivity index (χ3v) is 3.95. The van der Waals surface area contributed by atoms with Crippen molar-refractivity contribution >= 4 is 17.9 Å². The average molecular weight is 316 g/mol. The summed E-state index contributed by atoms with van der Waals surface area (Å²) in [6.07, 6.45) is 3.11. The minimum Gasteiger partial charge on any atom is -0.303 e. The third kappa shape index (κ3) is 6.89. The van der Waals surface area contributed by atoms with Gasteiger partial charge in [0.1, 0.15) is 6.29 Å². The molecule has 0 atom stereocenters. The molecule has 23 heavy (non-hydrogen) atoms. The highest BCUT2D eigenvalue weighted by molar-refractivity contribution is 5.99. The Morgan fingerprint density at radius 1 is 0.826 bits per heavy atom. The molecule has 0 saturated carbocycles. The first-order valence-corrected chi connectivity index (χ1v) is 8.17. The molecule has 0 aromatic heterocycles. The van der Waals surface area contributed by atoms with E-state index in [1.54, 1.807) is 24.3 Å². The van der Waals surface area contributed by atoms with Gasteiger partial charge >= 0.3 is 0 Å². The van der Waals surface area contributed by atoms with E-state index in [-0.39, 0.29) is 17.0 Å². The Bertz CT molecular complexity index is 560. The molecule has 0 heterocycles. The Balaban J connectivity index is 2.64. The molecular formula is C20H28O3. The van der Waals surface area contributed by atoms with Gasteiger partial charge in [0.25, 0.3) is 0 Å². The summed E-state index contributed by atoms with van der Waals surface area (Å²) in [6, 6.07) is 6.87. The molecule has 1 rings (SSSR count). The number of aldehydes is 1. The molecule has 0 saturated heterocycles. The molecule has 0 aliphatic heterocycles. The fourth-order valence-corrected chi connectivity index (χ4v) is 2.11. The van der Waals surface area contributed by atoms with Crippen molar-refractivity contribution in [2.45, 2.75) is 60.3 Å². The first kappa shape index (κ1) is 19.3. The number of Topliss-reactive ketones (excluding diaryl/α,β-unsaturated/α-hetero) is 2. The van der Waals surface area contributed by atoms with Crippen molar-refractivity contribution < 1.29 is 14.4 Å². The molecule has 0 fully saturated rings. The van der Waals surface area contributed by atoms with Gasteiger partial charge < -0.3 is 4.79 Å². The van der Waals surface area contributed by atoms with E-state index in [4.69, 9.17) is 0 Å². The average Bonchev–Trinajstić information content (AvgIpc) is 2.50. The fourth-order valence-electron chi connectivity index (χ4n) is 2.11. The first-order chi connectivity index (χ1) is 10.5. The lowest BCUT2D eigenvalue weighted by atomic mass is 9.87. The Morgan fingerprint density at radius 2 is 1.22 bits per heavy atom. The molecule has 0 amide bonds. The van der Waals surface area contributed by atoms with Gasteiger partial charge in [0, 0.05) is 29.4 Å². The molecule has 3 heteroatoms. The Kier molecular flexibility index (Phi) is 6.43. The van der Waals surface area contributed by atoms with Crippen molar-refractivity contribution in [2.24, 2.45) is 10.8 Å². The number of carbonyl (C=O) groups excluding carboxylic acids is 3. The van der Waals surface area contributed by atoms with E-state index < -0.39 is 5.41 Å². The predicted molar refractivity (Wildman–Crippen MR) is 92.9 cm³/mol. The van der Waals surface area contributed by atoms with Crippen LogP contribution >= 0.6 is 0 Å². The summed E-state index contributed by atoms with van der Waals surface area (Å²) in [7, 11) is 0. The molecule has 0 spiro atoms. The largest absolute Gasteiger partial charge is 0.303 e. The summed E-state index contributed by atoms with van der Waals surface area (Å²) >= 11 is 0. The zero-order valence-corrected chi connectivity index (χ0v) is 14.9. The van der Waals surface area contributed by atoms with Crippen LogP contribution in [0.5, 0.6) is 0 Å². The van der Waals surface area contributed by atoms with Crippen molar-refractivity contribution in [2.75, 3.05) is 0 Å². The number of carbonyl (C=O) groups is 3. The van der Waals surface area contributed by atoms with Crippen LogP contribution in [0, 0.1) is 10.8 Å². The molecule has 0 radical (unpaired) electrons. The second-order valence-corrected chi connectivity index (χ2v) is 8.09. The van der Waals surface area contributed by atoms with E-state index >= 15 is 0 Å². The molecule has 126 valence electrons. The molecule has 3 nitrogen and oxygen atoms in total. The van der Waals surface area contributed by atoms with Gasteiger partial charge in [-0.1, -0.05) is 58.9 Å². The maximum atomic E-state index is 12.1. The second kappa shape index (κ2) is 7.67. The number of hydrogen-bond acceptors (Lipinski definition) is 3. The van der Waals surface area contributed by atoms with E-state index in [0.29, 0.717) is 30.4 Å². The maximum absolute atomic E-state index is 12.1. The molecule has 1 aromatic carbocycles. The fraction of sp³-hybridized carbons (Fsp3) is 0.550. The van der Waals surface area contributed by atoms with E-state index in [1.807, 2.05) is 13.8 Å². The molecule has 0 bridgehead atoms. The van der Waals surface area contributed by atoms with Crippen LogP contribution in [0.2, 0.25) is 0 Å². The van der Waals surface area contributed by atoms with Gasteiger partial charge in [-0.15, -0.1) is 0 Å². The predicted octanol–water partition coefficient (Wildman–Crippen LogP) is 4.88. The normalized spacial score (nSPS) is 12.0. The van der Waals surface area contributed by atoms with Crippen LogP contribution in [0.1, 0.15) is 81.0 Å². The van der Waals surface area contributed by atoms with Crippen molar-refractivity contribution in [3.05, 3.63) is 35.4 Å². The summed E-state index contributed by atoms with van der Waals surface area (Å²) < 4.78 is 0. The molecule has 0 aliphatic rings. The van der Waals surface area contributed by atoms with Gasteiger partial charge in [0.05, 0.1) is 0 Å². The van der Waals surface area contributed by atoms with Gasteiger partial charge in [0.15, 0.2) is 11.6 Å². The second-order valence-electron chi connectivity index (χ2n) is 8.09. The van der Waals surface area contributed by atoms with E-state index in [1.165, 1.54) is 0 Å². The Hall–Kier alpha value is -1.77. The molecule has 0 N–H and O–H groups in total. The van der Waals surface area contributed by atoms with Gasteiger partial charge in [0.2, 0.25) is 0 Å². The van der Waals surface area contributed by atoms with Gasteiger partial charge in [-0.25, -0.2) is 0 Å². The van der Waals surface area contributed by atoms with Gasteiger partial charge in [-0.3, -0.25) is 9.59 Å². The topological polar surface area (TPSA) is 51.2 Å². The third-order valence-electron chi connectivity index (χ3n) is 3.95. The number of benzene rings is 1. The smallest absolute Gasteiger partial charge is 0.162 e. The minimum atomic E-state index is -0.474. The van der Waals surface area contributed by atoms with E-state index in [9.17, 15) is 14.4 Å². The molecule has 1 aromatic rings. The van der Waals surface area contributed by atoms with E-state index in [0.717, 1.165) is 12.7 Å². The molecule has 0 unspecified atom stereocenters. The highest BCUT2D eigenvalue weighted by Crippen LogP contribution is 2.23. The van der Waals surface area contributed by atoms with Crippen LogP contribution in [0.3, 0.4) is 0 Å². The quantitative estimate of drug-likeness (QED) is 0.507. The first-order valence-electron chi connectivity index (χ1n) is 8.17. The van der Waals surface area contributed by atoms with E-state index in [2.05, 4.69) is 20.8 Å². The van der Waals surface area contributed by atoms with Crippen LogP contribution in [0.15, 0.2) is 24.3 Å². The van der Waals surface area contributed by atoms with Crippen LogP contribution in [-0.4, -0.2) is 17.9 Å². The van der Waals surface area contributed by atoms with Crippen molar-refractivity contribution in [3.63, 3.8) is 0 Å². The highest BCUT2D eigenvalue weighted by Gasteiger charge is 2.19. The van der Waals surface area contributed by atoms with Crippen molar-refractivity contribution in [1.82, 2.24) is 0 Å². The van der Waals surface area contributed by atoms with Crippen LogP contribution < -0.4 is 0 Å². The lowest BCUT2D eigenvalue weighted by Crippen LogP contribution is -2.15. The van der Waals surface area contributed by atoms with Crippen molar-refractivity contribution in [1.29, 1.82) is 0 Å². The van der Waals surface area contributed by atoms with Gasteiger partial charge in [-0.2, -0.15) is 0 Å². The Morgan fingerprint density at radius 3 is 1.57 bits per heavy atom. The summed E-state index contributed by atoms with van der Waals surface area (Å²) in [5.41, 5.74) is 0.910. The number of ketones is 2. The molecular weight excluding hydrogens is 288 g/mol. The lowest BCUT2D eigenvalue weighted by molar-refractivity contribution is -0.114. The highest BCUT2D eigenvalue weighted by atomic mass is 16.1. The maximum Gasteiger partial charge on any atom is 0.162 e. The summed E-state index contributed by atoms with van der Waals surface area (Å²) in [6.45, 7) is 9.99. The van der Waals surface area contributed by atoms with Crippen molar-refractivity contribution in [3.8, 4) is 0 Å².